The van der Waals surface area contributed by atoms with E-state index in [1.165, 1.54) is 25.6 Å². The van der Waals surface area contributed by atoms with Gasteiger partial charge in [0.1, 0.15) is 12.2 Å². The van der Waals surface area contributed by atoms with Crippen molar-refractivity contribution in [3.05, 3.63) is 12.2 Å². The quantitative estimate of drug-likeness (QED) is 0.859. The van der Waals surface area contributed by atoms with Gasteiger partial charge >= 0.3 is 0 Å². The largest absolute Gasteiger partial charge is 0.390 e. The average molecular weight is 253 g/mol. The Morgan fingerprint density at radius 2 is 2.17 bits per heavy atom. The summed E-state index contributed by atoms with van der Waals surface area (Å²) in [6.45, 7) is 0. The fourth-order valence-corrected chi connectivity index (χ4v) is 2.93. The Bertz CT molecular complexity index is 361. The molecule has 5 nitrogen and oxygen atoms in total. The van der Waals surface area contributed by atoms with Crippen molar-refractivity contribution >= 4 is 0 Å². The Morgan fingerprint density at radius 3 is 2.72 bits per heavy atom. The highest BCUT2D eigenvalue weighted by atomic mass is 16.5. The van der Waals surface area contributed by atoms with Crippen LogP contribution in [0.3, 0.4) is 0 Å². The summed E-state index contributed by atoms with van der Waals surface area (Å²) in [4.78, 5) is 4.15. The number of aliphatic hydroxyl groups excluding tert-OH is 1. The maximum absolute atomic E-state index is 10.4. The van der Waals surface area contributed by atoms with Crippen molar-refractivity contribution in [2.24, 2.45) is 13.0 Å². The Labute approximate surface area is 108 Å². The normalized spacial score (nSPS) is 20.8. The zero-order valence-electron chi connectivity index (χ0n) is 11.2. The maximum Gasteiger partial charge on any atom is 0.138 e. The first-order valence-electron chi connectivity index (χ1n) is 6.76. The SMILES string of the molecule is COC(C(O)Cc1ncnn1C)C1CCCCC1. The van der Waals surface area contributed by atoms with Crippen LogP contribution in [0.15, 0.2) is 6.33 Å². The van der Waals surface area contributed by atoms with Gasteiger partial charge in [0.05, 0.1) is 12.2 Å². The van der Waals surface area contributed by atoms with E-state index in [0.717, 1.165) is 18.7 Å². The summed E-state index contributed by atoms with van der Waals surface area (Å²) in [7, 11) is 3.54. The molecule has 1 N–H and O–H groups in total. The van der Waals surface area contributed by atoms with E-state index in [2.05, 4.69) is 10.1 Å². The Kier molecular flexibility index (Phi) is 4.72. The molecule has 1 aliphatic carbocycles. The monoisotopic (exact) mass is 253 g/mol. The molecule has 1 aliphatic rings. The van der Waals surface area contributed by atoms with Crippen LogP contribution >= 0.6 is 0 Å². The Balaban J connectivity index is 1.96. The highest BCUT2D eigenvalue weighted by Crippen LogP contribution is 2.29. The molecule has 5 heteroatoms. The van der Waals surface area contributed by atoms with Gasteiger partial charge in [-0.15, -0.1) is 0 Å². The number of hydrogen-bond donors (Lipinski definition) is 1. The Morgan fingerprint density at radius 1 is 1.44 bits per heavy atom. The van der Waals surface area contributed by atoms with E-state index in [-0.39, 0.29) is 6.10 Å². The number of aromatic nitrogens is 3. The number of nitrogens with zero attached hydrogens (tertiary/aromatic N) is 3. The summed E-state index contributed by atoms with van der Waals surface area (Å²) >= 11 is 0. The lowest BCUT2D eigenvalue weighted by Crippen LogP contribution is -2.38. The summed E-state index contributed by atoms with van der Waals surface area (Å²) in [6, 6.07) is 0. The molecule has 0 aromatic carbocycles. The van der Waals surface area contributed by atoms with Crippen LogP contribution in [-0.2, 0) is 18.2 Å². The molecular weight excluding hydrogens is 230 g/mol. The van der Waals surface area contributed by atoms with Crippen LogP contribution in [-0.4, -0.2) is 39.2 Å². The van der Waals surface area contributed by atoms with E-state index in [1.54, 1.807) is 11.8 Å². The topological polar surface area (TPSA) is 60.2 Å². The van der Waals surface area contributed by atoms with Crippen LogP contribution in [0.4, 0.5) is 0 Å². The molecular formula is C13H23N3O2. The van der Waals surface area contributed by atoms with Crippen LogP contribution in [0, 0.1) is 5.92 Å². The summed E-state index contributed by atoms with van der Waals surface area (Å²) in [6.07, 6.45) is 7.58. The maximum atomic E-state index is 10.4. The van der Waals surface area contributed by atoms with Crippen LogP contribution in [0.2, 0.25) is 0 Å². The number of methoxy groups -OCH3 is 1. The predicted molar refractivity (Wildman–Crippen MR) is 68.1 cm³/mol. The molecule has 0 spiro atoms. The highest BCUT2D eigenvalue weighted by molar-refractivity contribution is 4.91. The molecule has 0 radical (unpaired) electrons. The summed E-state index contributed by atoms with van der Waals surface area (Å²) in [5.41, 5.74) is 0. The average Bonchev–Trinajstić information content (AvgIpc) is 2.77. The second-order valence-corrected chi connectivity index (χ2v) is 5.17. The fraction of sp³-hybridized carbons (Fsp3) is 0.846. The van der Waals surface area contributed by atoms with Crippen molar-refractivity contribution in [3.63, 3.8) is 0 Å². The van der Waals surface area contributed by atoms with Gasteiger partial charge in [-0.25, -0.2) is 4.98 Å². The second-order valence-electron chi connectivity index (χ2n) is 5.17. The molecule has 1 heterocycles. The zero-order valence-corrected chi connectivity index (χ0v) is 11.2. The van der Waals surface area contributed by atoms with E-state index < -0.39 is 6.10 Å². The van der Waals surface area contributed by atoms with Gasteiger partial charge in [-0.05, 0) is 18.8 Å². The van der Waals surface area contributed by atoms with Gasteiger partial charge < -0.3 is 9.84 Å². The van der Waals surface area contributed by atoms with Crippen LogP contribution in [0.25, 0.3) is 0 Å². The van der Waals surface area contributed by atoms with E-state index in [4.69, 9.17) is 4.74 Å². The van der Waals surface area contributed by atoms with E-state index in [9.17, 15) is 5.11 Å². The molecule has 0 amide bonds. The fourth-order valence-electron chi connectivity index (χ4n) is 2.93. The van der Waals surface area contributed by atoms with Gasteiger partial charge in [0.15, 0.2) is 0 Å². The number of ether oxygens (including phenoxy) is 1. The number of hydrogen-bond acceptors (Lipinski definition) is 4. The second kappa shape index (κ2) is 6.29. The molecule has 2 unspecified atom stereocenters. The number of rotatable bonds is 5. The lowest BCUT2D eigenvalue weighted by molar-refractivity contribution is -0.0545. The first-order chi connectivity index (χ1) is 8.72. The van der Waals surface area contributed by atoms with Crippen molar-refractivity contribution in [2.75, 3.05) is 7.11 Å². The van der Waals surface area contributed by atoms with Crippen molar-refractivity contribution in [1.29, 1.82) is 0 Å². The van der Waals surface area contributed by atoms with Crippen molar-refractivity contribution in [2.45, 2.75) is 50.7 Å². The van der Waals surface area contributed by atoms with Gasteiger partial charge in [0.2, 0.25) is 0 Å². The highest BCUT2D eigenvalue weighted by Gasteiger charge is 2.30. The van der Waals surface area contributed by atoms with E-state index >= 15 is 0 Å². The molecule has 0 aliphatic heterocycles. The minimum atomic E-state index is -0.499. The standard InChI is InChI=1S/C13H23N3O2/c1-16-12(14-9-15-16)8-11(17)13(18-2)10-6-4-3-5-7-10/h9-11,13,17H,3-8H2,1-2H3. The minimum absolute atomic E-state index is 0.0815. The minimum Gasteiger partial charge on any atom is -0.390 e. The Hall–Kier alpha value is -0.940. The summed E-state index contributed by atoms with van der Waals surface area (Å²) in [5.74, 6) is 1.28. The third kappa shape index (κ3) is 3.09. The molecule has 1 aromatic rings. The van der Waals surface area contributed by atoms with Gasteiger partial charge in [0.25, 0.3) is 0 Å². The first-order valence-corrected chi connectivity index (χ1v) is 6.76. The van der Waals surface area contributed by atoms with E-state index in [1.807, 2.05) is 7.05 Å². The smallest absolute Gasteiger partial charge is 0.138 e. The lowest BCUT2D eigenvalue weighted by atomic mass is 9.82. The van der Waals surface area contributed by atoms with Gasteiger partial charge in [-0.2, -0.15) is 5.10 Å². The van der Waals surface area contributed by atoms with Gasteiger partial charge in [-0.1, -0.05) is 19.3 Å². The zero-order chi connectivity index (χ0) is 13.0. The van der Waals surface area contributed by atoms with Crippen molar-refractivity contribution < 1.29 is 9.84 Å². The predicted octanol–water partition coefficient (Wildman–Crippen LogP) is 1.31. The lowest BCUT2D eigenvalue weighted by Gasteiger charge is -2.32. The van der Waals surface area contributed by atoms with Crippen LogP contribution < -0.4 is 0 Å². The van der Waals surface area contributed by atoms with Gasteiger partial charge in [0, 0.05) is 20.6 Å². The van der Waals surface area contributed by atoms with Crippen molar-refractivity contribution in [1.82, 2.24) is 14.8 Å². The third-order valence-electron chi connectivity index (χ3n) is 3.96. The number of aryl methyl sites for hydroxylation is 1. The van der Waals surface area contributed by atoms with Crippen LogP contribution in [0.1, 0.15) is 37.9 Å². The van der Waals surface area contributed by atoms with Crippen molar-refractivity contribution in [3.8, 4) is 0 Å². The molecule has 1 saturated carbocycles. The molecule has 2 atom stereocenters. The summed E-state index contributed by atoms with van der Waals surface area (Å²) < 4.78 is 7.24. The van der Waals surface area contributed by atoms with Crippen LogP contribution in [0.5, 0.6) is 0 Å². The molecule has 0 bridgehead atoms. The summed E-state index contributed by atoms with van der Waals surface area (Å²) in [5, 5.41) is 14.4. The molecule has 1 aromatic heterocycles. The molecule has 2 rings (SSSR count). The number of aliphatic hydroxyl groups is 1. The van der Waals surface area contributed by atoms with Gasteiger partial charge in [-0.3, -0.25) is 4.68 Å². The molecule has 102 valence electrons. The molecule has 1 fully saturated rings. The first kappa shape index (κ1) is 13.5. The molecule has 18 heavy (non-hydrogen) atoms. The molecule has 0 saturated heterocycles. The van der Waals surface area contributed by atoms with E-state index in [0.29, 0.717) is 12.3 Å². The third-order valence-corrected chi connectivity index (χ3v) is 3.96.